The Kier molecular flexibility index (Phi) is 8.30. The number of carbonyl (C=O) groups is 2. The monoisotopic (exact) mass is 379 g/mol. The Morgan fingerprint density at radius 1 is 1.12 bits per heavy atom. The van der Waals surface area contributed by atoms with Gasteiger partial charge in [-0.2, -0.15) is 0 Å². The molecule has 0 spiro atoms. The second-order valence-electron chi connectivity index (χ2n) is 6.00. The number of benzene rings is 1. The zero-order valence-electron chi connectivity index (χ0n) is 15.0. The van der Waals surface area contributed by atoms with Crippen molar-refractivity contribution in [3.63, 3.8) is 0 Å². The van der Waals surface area contributed by atoms with Crippen molar-refractivity contribution in [2.24, 2.45) is 0 Å². The van der Waals surface area contributed by atoms with Gasteiger partial charge in [-0.25, -0.2) is 0 Å². The number of thiocarbonyl (C=S) groups is 1. The average Bonchev–Trinajstić information content (AvgIpc) is 2.90. The molecule has 0 atom stereocenters. The number of rotatable bonds is 6. The van der Waals surface area contributed by atoms with Gasteiger partial charge in [0.1, 0.15) is 13.2 Å². The van der Waals surface area contributed by atoms with E-state index in [1.54, 1.807) is 0 Å². The lowest BCUT2D eigenvalue weighted by atomic mass is 10.2. The first kappa shape index (κ1) is 20.1. The van der Waals surface area contributed by atoms with Crippen molar-refractivity contribution in [3.8, 4) is 0 Å². The quantitative estimate of drug-likeness (QED) is 0.575. The molecular weight excluding hydrogens is 354 g/mol. The summed E-state index contributed by atoms with van der Waals surface area (Å²) in [5.41, 5.74) is 0.977. The smallest absolute Gasteiger partial charge is 0.325 e. The van der Waals surface area contributed by atoms with Crippen LogP contribution < -0.4 is 5.32 Å². The molecule has 0 aliphatic carbocycles. The molecule has 0 amide bonds. The van der Waals surface area contributed by atoms with E-state index >= 15 is 0 Å². The Hall–Kier alpha value is -2.19. The Labute approximate surface area is 159 Å². The van der Waals surface area contributed by atoms with Crippen molar-refractivity contribution in [1.29, 1.82) is 0 Å². The van der Waals surface area contributed by atoms with Crippen LogP contribution in [0.3, 0.4) is 0 Å². The highest BCUT2D eigenvalue weighted by Gasteiger charge is 2.19. The molecule has 0 aromatic heterocycles. The third kappa shape index (κ3) is 6.97. The maximum atomic E-state index is 12.1. The summed E-state index contributed by atoms with van der Waals surface area (Å²) in [6.07, 6.45) is 0.881. The first-order valence-electron chi connectivity index (χ1n) is 8.60. The van der Waals surface area contributed by atoms with Crippen molar-refractivity contribution >= 4 is 29.3 Å². The van der Waals surface area contributed by atoms with E-state index in [1.807, 2.05) is 35.2 Å². The van der Waals surface area contributed by atoms with Gasteiger partial charge in [0, 0.05) is 26.2 Å². The van der Waals surface area contributed by atoms with E-state index in [9.17, 15) is 9.59 Å². The van der Waals surface area contributed by atoms with Gasteiger partial charge in [0.25, 0.3) is 0 Å². The second-order valence-corrected chi connectivity index (χ2v) is 6.38. The Balaban J connectivity index is 1.71. The fourth-order valence-electron chi connectivity index (χ4n) is 2.63. The normalized spacial score (nSPS) is 15.0. The summed E-state index contributed by atoms with van der Waals surface area (Å²) in [5.74, 6) is -0.585. The Morgan fingerprint density at radius 3 is 2.62 bits per heavy atom. The van der Waals surface area contributed by atoms with Crippen molar-refractivity contribution in [2.45, 2.75) is 13.0 Å². The van der Waals surface area contributed by atoms with E-state index in [2.05, 4.69) is 15.0 Å². The molecule has 2 rings (SSSR count). The van der Waals surface area contributed by atoms with Crippen LogP contribution in [0.15, 0.2) is 30.3 Å². The summed E-state index contributed by atoms with van der Waals surface area (Å²) in [6, 6.07) is 9.63. The highest BCUT2D eigenvalue weighted by Crippen LogP contribution is 2.05. The molecule has 1 saturated heterocycles. The molecule has 1 aromatic rings. The van der Waals surface area contributed by atoms with Gasteiger partial charge in [-0.1, -0.05) is 30.3 Å². The lowest BCUT2D eigenvalue weighted by Crippen LogP contribution is -2.44. The Bertz CT molecular complexity index is 612. The van der Waals surface area contributed by atoms with Gasteiger partial charge >= 0.3 is 11.9 Å². The summed E-state index contributed by atoms with van der Waals surface area (Å²) in [6.45, 7) is 3.60. The minimum absolute atomic E-state index is 0.0569. The fraction of sp³-hybridized carbons (Fsp3) is 0.500. The maximum Gasteiger partial charge on any atom is 0.325 e. The van der Waals surface area contributed by atoms with E-state index in [1.165, 1.54) is 7.11 Å². The van der Waals surface area contributed by atoms with Crippen molar-refractivity contribution in [3.05, 3.63) is 35.9 Å². The summed E-state index contributed by atoms with van der Waals surface area (Å²) < 4.78 is 9.93. The maximum absolute atomic E-state index is 12.1. The second kappa shape index (κ2) is 10.7. The van der Waals surface area contributed by atoms with E-state index in [-0.39, 0.29) is 25.0 Å². The van der Waals surface area contributed by atoms with Crippen LogP contribution in [-0.4, -0.2) is 73.2 Å². The molecule has 8 heteroatoms. The standard InChI is InChI=1S/C18H25N3O4S/c1-24-16(22)12-19-18(26)21-9-5-8-20(10-11-21)13-17(23)25-14-15-6-3-2-4-7-15/h2-4,6-7H,5,8-14H2,1H3,(H,19,26). The van der Waals surface area contributed by atoms with E-state index in [0.717, 1.165) is 25.1 Å². The number of esters is 2. The highest BCUT2D eigenvalue weighted by atomic mass is 32.1. The number of methoxy groups -OCH3 is 1. The molecule has 1 aromatic carbocycles. The van der Waals surface area contributed by atoms with Gasteiger partial charge in [-0.05, 0) is 24.2 Å². The van der Waals surface area contributed by atoms with Crippen molar-refractivity contribution in [1.82, 2.24) is 15.1 Å². The van der Waals surface area contributed by atoms with Crippen molar-refractivity contribution < 1.29 is 19.1 Å². The minimum atomic E-state index is -0.357. The van der Waals surface area contributed by atoms with Crippen LogP contribution in [0.5, 0.6) is 0 Å². The molecule has 7 nitrogen and oxygen atoms in total. The predicted octanol–water partition coefficient (Wildman–Crippen LogP) is 0.785. The molecule has 0 saturated carbocycles. The van der Waals surface area contributed by atoms with Crippen LogP contribution in [0.25, 0.3) is 0 Å². The molecule has 142 valence electrons. The van der Waals surface area contributed by atoms with E-state index in [0.29, 0.717) is 24.8 Å². The molecule has 0 radical (unpaired) electrons. The number of carbonyl (C=O) groups excluding carboxylic acids is 2. The Morgan fingerprint density at radius 2 is 1.88 bits per heavy atom. The van der Waals surface area contributed by atoms with Gasteiger partial charge in [0.15, 0.2) is 5.11 Å². The van der Waals surface area contributed by atoms with Crippen LogP contribution in [0.1, 0.15) is 12.0 Å². The molecule has 0 bridgehead atoms. The van der Waals surface area contributed by atoms with Crippen LogP contribution in [-0.2, 0) is 25.7 Å². The number of hydrogen-bond donors (Lipinski definition) is 1. The van der Waals surface area contributed by atoms with Crippen LogP contribution >= 0.6 is 12.2 Å². The molecule has 1 heterocycles. The summed E-state index contributed by atoms with van der Waals surface area (Å²) in [7, 11) is 1.34. The zero-order valence-corrected chi connectivity index (χ0v) is 15.8. The molecule has 1 N–H and O–H groups in total. The summed E-state index contributed by atoms with van der Waals surface area (Å²) >= 11 is 5.32. The molecule has 26 heavy (non-hydrogen) atoms. The molecule has 0 unspecified atom stereocenters. The average molecular weight is 379 g/mol. The molecular formula is C18H25N3O4S. The summed E-state index contributed by atoms with van der Waals surface area (Å²) in [5, 5.41) is 3.43. The van der Waals surface area contributed by atoms with Gasteiger partial charge in [-0.15, -0.1) is 0 Å². The van der Waals surface area contributed by atoms with Gasteiger partial charge < -0.3 is 19.7 Å². The summed E-state index contributed by atoms with van der Waals surface area (Å²) in [4.78, 5) is 27.3. The van der Waals surface area contributed by atoms with Gasteiger partial charge in [0.2, 0.25) is 0 Å². The van der Waals surface area contributed by atoms with Crippen LogP contribution in [0, 0.1) is 0 Å². The predicted molar refractivity (Wildman–Crippen MR) is 101 cm³/mol. The lowest BCUT2D eigenvalue weighted by molar-refractivity contribution is -0.146. The van der Waals surface area contributed by atoms with Crippen LogP contribution in [0.2, 0.25) is 0 Å². The van der Waals surface area contributed by atoms with Crippen LogP contribution in [0.4, 0.5) is 0 Å². The number of hydrogen-bond acceptors (Lipinski definition) is 6. The minimum Gasteiger partial charge on any atom is -0.468 e. The molecule has 1 aliphatic heterocycles. The lowest BCUT2D eigenvalue weighted by Gasteiger charge is -2.24. The molecule has 1 aliphatic rings. The fourth-order valence-corrected chi connectivity index (χ4v) is 2.88. The van der Waals surface area contributed by atoms with E-state index < -0.39 is 0 Å². The zero-order chi connectivity index (χ0) is 18.8. The third-order valence-corrected chi connectivity index (χ3v) is 4.49. The van der Waals surface area contributed by atoms with Gasteiger partial charge in [-0.3, -0.25) is 14.5 Å². The number of nitrogens with one attached hydrogen (secondary N) is 1. The first-order chi connectivity index (χ1) is 12.6. The third-order valence-electron chi connectivity index (χ3n) is 4.08. The SMILES string of the molecule is COC(=O)CNC(=S)N1CCCN(CC(=O)OCc2ccccc2)CC1. The van der Waals surface area contributed by atoms with Gasteiger partial charge in [0.05, 0.1) is 13.7 Å². The topological polar surface area (TPSA) is 71.1 Å². The molecule has 1 fully saturated rings. The largest absolute Gasteiger partial charge is 0.468 e. The number of nitrogens with zero attached hydrogens (tertiary/aromatic N) is 2. The first-order valence-corrected chi connectivity index (χ1v) is 9.01. The van der Waals surface area contributed by atoms with Crippen molar-refractivity contribution in [2.75, 3.05) is 46.4 Å². The number of ether oxygens (including phenoxy) is 2. The highest BCUT2D eigenvalue weighted by molar-refractivity contribution is 7.80. The van der Waals surface area contributed by atoms with E-state index in [4.69, 9.17) is 17.0 Å².